The number of rotatable bonds is 4. The van der Waals surface area contributed by atoms with E-state index in [9.17, 15) is 0 Å². The highest BCUT2D eigenvalue weighted by molar-refractivity contribution is 7.10. The summed E-state index contributed by atoms with van der Waals surface area (Å²) in [7, 11) is 0. The molecule has 0 fully saturated rings. The molecule has 1 heterocycles. The molecule has 0 bridgehead atoms. The number of thiophene rings is 1. The highest BCUT2D eigenvalue weighted by Crippen LogP contribution is 2.18. The van der Waals surface area contributed by atoms with Crippen molar-refractivity contribution in [2.45, 2.75) is 33.4 Å². The first-order valence-electron chi connectivity index (χ1n) is 6.00. The van der Waals surface area contributed by atoms with Crippen molar-refractivity contribution in [1.29, 1.82) is 0 Å². The monoisotopic (exact) mass is 245 g/mol. The van der Waals surface area contributed by atoms with Crippen molar-refractivity contribution in [2.24, 2.45) is 0 Å². The topological polar surface area (TPSA) is 12.0 Å². The highest BCUT2D eigenvalue weighted by atomic mass is 32.1. The Hall–Kier alpha value is -1.12. The van der Waals surface area contributed by atoms with E-state index in [-0.39, 0.29) is 0 Å². The summed E-state index contributed by atoms with van der Waals surface area (Å²) in [5, 5.41) is 5.74. The first-order valence-corrected chi connectivity index (χ1v) is 6.87. The fourth-order valence-electron chi connectivity index (χ4n) is 1.89. The summed E-state index contributed by atoms with van der Waals surface area (Å²) in [6.07, 6.45) is 0. The van der Waals surface area contributed by atoms with E-state index in [0.717, 1.165) is 6.54 Å². The average Bonchev–Trinajstić information content (AvgIpc) is 2.72. The van der Waals surface area contributed by atoms with E-state index in [2.05, 4.69) is 61.8 Å². The Balaban J connectivity index is 1.98. The van der Waals surface area contributed by atoms with Crippen molar-refractivity contribution in [3.05, 3.63) is 57.3 Å². The molecule has 2 heteroatoms. The molecule has 0 saturated carbocycles. The molecular formula is C15H19NS. The van der Waals surface area contributed by atoms with Crippen molar-refractivity contribution >= 4 is 11.3 Å². The van der Waals surface area contributed by atoms with E-state index < -0.39 is 0 Å². The molecule has 0 aliphatic carbocycles. The van der Waals surface area contributed by atoms with Crippen LogP contribution in [0.3, 0.4) is 0 Å². The minimum Gasteiger partial charge on any atom is -0.305 e. The quantitative estimate of drug-likeness (QED) is 0.850. The summed E-state index contributed by atoms with van der Waals surface area (Å²) >= 11 is 1.83. The molecule has 0 spiro atoms. The van der Waals surface area contributed by atoms with Gasteiger partial charge in [0.1, 0.15) is 0 Å². The zero-order valence-corrected chi connectivity index (χ0v) is 11.5. The van der Waals surface area contributed by atoms with Crippen LogP contribution in [0.15, 0.2) is 35.7 Å². The van der Waals surface area contributed by atoms with Gasteiger partial charge in [-0.05, 0) is 43.3 Å². The third-order valence-electron chi connectivity index (χ3n) is 3.08. The van der Waals surface area contributed by atoms with Gasteiger partial charge < -0.3 is 5.32 Å². The van der Waals surface area contributed by atoms with E-state index in [1.807, 2.05) is 11.3 Å². The van der Waals surface area contributed by atoms with Gasteiger partial charge in [-0.2, -0.15) is 0 Å². The van der Waals surface area contributed by atoms with Gasteiger partial charge in [-0.3, -0.25) is 0 Å². The Morgan fingerprint density at radius 2 is 2.06 bits per heavy atom. The normalized spacial score (nSPS) is 12.6. The zero-order valence-electron chi connectivity index (χ0n) is 10.7. The van der Waals surface area contributed by atoms with Crippen LogP contribution in [0.25, 0.3) is 0 Å². The summed E-state index contributed by atoms with van der Waals surface area (Å²) in [6.45, 7) is 7.49. The van der Waals surface area contributed by atoms with Gasteiger partial charge >= 0.3 is 0 Å². The molecule has 1 N–H and O–H groups in total. The Kier molecular flexibility index (Phi) is 3.97. The number of hydrogen-bond acceptors (Lipinski definition) is 2. The van der Waals surface area contributed by atoms with Gasteiger partial charge in [-0.15, -0.1) is 11.3 Å². The molecule has 0 aliphatic heterocycles. The summed E-state index contributed by atoms with van der Waals surface area (Å²) in [5.41, 5.74) is 4.07. The van der Waals surface area contributed by atoms with E-state index >= 15 is 0 Å². The number of nitrogens with one attached hydrogen (secondary N) is 1. The predicted octanol–water partition coefficient (Wildman–Crippen LogP) is 4.22. The van der Waals surface area contributed by atoms with Gasteiger partial charge in [-0.1, -0.05) is 29.8 Å². The number of benzene rings is 1. The molecule has 1 nitrogen and oxygen atoms in total. The van der Waals surface area contributed by atoms with Gasteiger partial charge in [0.2, 0.25) is 0 Å². The molecule has 1 aromatic carbocycles. The summed E-state index contributed by atoms with van der Waals surface area (Å²) < 4.78 is 0. The maximum atomic E-state index is 3.58. The van der Waals surface area contributed by atoms with E-state index in [4.69, 9.17) is 0 Å². The molecule has 2 aromatic rings. The smallest absolute Gasteiger partial charge is 0.0308 e. The third-order valence-corrected chi connectivity index (χ3v) is 4.10. The summed E-state index contributed by atoms with van der Waals surface area (Å²) in [5.74, 6) is 0. The molecule has 90 valence electrons. The Morgan fingerprint density at radius 3 is 2.71 bits per heavy atom. The molecule has 17 heavy (non-hydrogen) atoms. The Morgan fingerprint density at radius 1 is 1.24 bits per heavy atom. The minimum atomic E-state index is 0.399. The summed E-state index contributed by atoms with van der Waals surface area (Å²) in [4.78, 5) is 1.43. The fourth-order valence-corrected chi connectivity index (χ4v) is 2.75. The van der Waals surface area contributed by atoms with Crippen LogP contribution in [0.5, 0.6) is 0 Å². The van der Waals surface area contributed by atoms with Crippen molar-refractivity contribution in [3.8, 4) is 0 Å². The van der Waals surface area contributed by atoms with Gasteiger partial charge in [0, 0.05) is 17.5 Å². The average molecular weight is 245 g/mol. The molecule has 0 saturated heterocycles. The Labute approximate surface area is 108 Å². The minimum absolute atomic E-state index is 0.399. The van der Waals surface area contributed by atoms with E-state index in [1.54, 1.807) is 0 Å². The highest BCUT2D eigenvalue weighted by Gasteiger charge is 2.06. The van der Waals surface area contributed by atoms with Crippen LogP contribution in [0.1, 0.15) is 34.5 Å². The molecule has 0 radical (unpaired) electrons. The van der Waals surface area contributed by atoms with Crippen molar-refractivity contribution in [2.75, 3.05) is 0 Å². The zero-order chi connectivity index (χ0) is 12.3. The maximum Gasteiger partial charge on any atom is 0.0308 e. The predicted molar refractivity (Wildman–Crippen MR) is 75.5 cm³/mol. The van der Waals surface area contributed by atoms with Crippen molar-refractivity contribution in [1.82, 2.24) is 5.32 Å². The standard InChI is InChI=1S/C15H19NS/c1-11-5-4-6-14(9-11)13(3)16-10-15-12(2)7-8-17-15/h4-9,13,16H,10H2,1-3H3. The largest absolute Gasteiger partial charge is 0.305 e. The lowest BCUT2D eigenvalue weighted by Crippen LogP contribution is -2.17. The molecule has 1 atom stereocenters. The van der Waals surface area contributed by atoms with Crippen LogP contribution >= 0.6 is 11.3 Å². The van der Waals surface area contributed by atoms with Crippen molar-refractivity contribution in [3.63, 3.8) is 0 Å². The number of hydrogen-bond donors (Lipinski definition) is 1. The SMILES string of the molecule is Cc1cccc(C(C)NCc2sccc2C)c1. The lowest BCUT2D eigenvalue weighted by atomic mass is 10.1. The van der Waals surface area contributed by atoms with Gasteiger partial charge in [0.25, 0.3) is 0 Å². The third kappa shape index (κ3) is 3.18. The second-order valence-electron chi connectivity index (χ2n) is 4.54. The van der Waals surface area contributed by atoms with Gasteiger partial charge in [0.15, 0.2) is 0 Å². The lowest BCUT2D eigenvalue weighted by molar-refractivity contribution is 0.577. The van der Waals surface area contributed by atoms with Crippen LogP contribution in [0.2, 0.25) is 0 Å². The fraction of sp³-hybridized carbons (Fsp3) is 0.333. The molecule has 0 amide bonds. The van der Waals surface area contributed by atoms with Crippen LogP contribution < -0.4 is 5.32 Å². The van der Waals surface area contributed by atoms with Crippen LogP contribution in [0, 0.1) is 13.8 Å². The molecule has 1 aromatic heterocycles. The van der Waals surface area contributed by atoms with Crippen molar-refractivity contribution < 1.29 is 0 Å². The van der Waals surface area contributed by atoms with E-state index in [1.165, 1.54) is 21.6 Å². The molecule has 1 unspecified atom stereocenters. The van der Waals surface area contributed by atoms with Crippen LogP contribution in [-0.2, 0) is 6.54 Å². The van der Waals surface area contributed by atoms with Gasteiger partial charge in [-0.25, -0.2) is 0 Å². The van der Waals surface area contributed by atoms with Crippen LogP contribution in [-0.4, -0.2) is 0 Å². The molecule has 2 rings (SSSR count). The van der Waals surface area contributed by atoms with Gasteiger partial charge in [0.05, 0.1) is 0 Å². The lowest BCUT2D eigenvalue weighted by Gasteiger charge is -2.14. The first-order chi connectivity index (χ1) is 8.16. The number of aryl methyl sites for hydroxylation is 2. The molecular weight excluding hydrogens is 226 g/mol. The Bertz CT molecular complexity index is 487. The maximum absolute atomic E-state index is 3.58. The van der Waals surface area contributed by atoms with Crippen LogP contribution in [0.4, 0.5) is 0 Å². The first kappa shape index (κ1) is 12.3. The second-order valence-corrected chi connectivity index (χ2v) is 5.54. The molecule has 0 aliphatic rings. The van der Waals surface area contributed by atoms with E-state index in [0.29, 0.717) is 6.04 Å². The second kappa shape index (κ2) is 5.48. The summed E-state index contributed by atoms with van der Waals surface area (Å²) in [6, 6.07) is 11.3.